The van der Waals surface area contributed by atoms with E-state index in [0.29, 0.717) is 23.5 Å². The van der Waals surface area contributed by atoms with Crippen molar-refractivity contribution in [3.05, 3.63) is 28.0 Å². The lowest BCUT2D eigenvalue weighted by Crippen LogP contribution is -2.53. The van der Waals surface area contributed by atoms with E-state index >= 15 is 0 Å². The molecule has 21 heavy (non-hydrogen) atoms. The number of hydrogen-bond acceptors (Lipinski definition) is 4. The summed E-state index contributed by atoms with van der Waals surface area (Å²) in [5.41, 5.74) is 0.270. The number of ether oxygens (including phenoxy) is 1. The number of morpholine rings is 1. The van der Waals surface area contributed by atoms with Crippen LogP contribution in [0.5, 0.6) is 0 Å². The number of carboxylic acid groups (broad SMARTS) is 1. The van der Waals surface area contributed by atoms with Gasteiger partial charge in [0.05, 0.1) is 16.6 Å². The number of nitrogens with zero attached hydrogens (tertiary/aromatic N) is 1. The molecular weight excluding hydrogens is 290 g/mol. The van der Waals surface area contributed by atoms with Crippen molar-refractivity contribution in [3.63, 3.8) is 0 Å². The second-order valence-corrected chi connectivity index (χ2v) is 6.67. The minimum absolute atomic E-state index is 0.0179. The van der Waals surface area contributed by atoms with Gasteiger partial charge in [0.2, 0.25) is 0 Å². The van der Waals surface area contributed by atoms with Crippen molar-refractivity contribution in [3.8, 4) is 0 Å². The van der Waals surface area contributed by atoms with E-state index in [1.54, 1.807) is 16.3 Å². The molecule has 1 aromatic heterocycles. The van der Waals surface area contributed by atoms with Crippen molar-refractivity contribution in [2.24, 2.45) is 0 Å². The summed E-state index contributed by atoms with van der Waals surface area (Å²) in [4.78, 5) is 25.6. The van der Waals surface area contributed by atoms with E-state index in [1.807, 2.05) is 20.8 Å². The molecule has 1 aliphatic heterocycles. The molecule has 6 heteroatoms. The van der Waals surface area contributed by atoms with E-state index in [4.69, 9.17) is 9.84 Å². The summed E-state index contributed by atoms with van der Waals surface area (Å²) in [6.07, 6.45) is 2.49. The minimum Gasteiger partial charge on any atom is -0.478 e. The van der Waals surface area contributed by atoms with Crippen LogP contribution in [0, 0.1) is 0 Å². The highest BCUT2D eigenvalue weighted by molar-refractivity contribution is 7.12. The third-order valence-electron chi connectivity index (χ3n) is 3.15. The first kappa shape index (κ1) is 15.7. The second kappa shape index (κ2) is 5.99. The zero-order chi connectivity index (χ0) is 15.6. The highest BCUT2D eigenvalue weighted by Gasteiger charge is 2.34. The fraction of sp³-hybridized carbons (Fsp3) is 0.467. The van der Waals surface area contributed by atoms with Crippen LogP contribution in [0.1, 0.15) is 36.0 Å². The highest BCUT2D eigenvalue weighted by Crippen LogP contribution is 2.26. The topological polar surface area (TPSA) is 66.8 Å². The third kappa shape index (κ3) is 3.92. The van der Waals surface area contributed by atoms with Crippen LogP contribution in [0.3, 0.4) is 0 Å². The Morgan fingerprint density at radius 1 is 1.52 bits per heavy atom. The molecule has 1 amide bonds. The van der Waals surface area contributed by atoms with E-state index < -0.39 is 5.97 Å². The number of aliphatic carboxylic acids is 1. The Kier molecular flexibility index (Phi) is 4.49. The lowest BCUT2D eigenvalue weighted by atomic mass is 10.0. The van der Waals surface area contributed by atoms with Crippen molar-refractivity contribution in [1.29, 1.82) is 0 Å². The van der Waals surface area contributed by atoms with Crippen LogP contribution in [-0.4, -0.2) is 46.7 Å². The van der Waals surface area contributed by atoms with Gasteiger partial charge in [0.25, 0.3) is 5.91 Å². The number of carbonyl (C=O) groups excluding carboxylic acids is 1. The van der Waals surface area contributed by atoms with E-state index in [2.05, 4.69) is 0 Å². The largest absolute Gasteiger partial charge is 0.478 e. The van der Waals surface area contributed by atoms with E-state index in [0.717, 1.165) is 6.08 Å². The number of carboxylic acids is 1. The van der Waals surface area contributed by atoms with Crippen LogP contribution >= 0.6 is 11.3 Å². The summed E-state index contributed by atoms with van der Waals surface area (Å²) in [7, 11) is 0. The Morgan fingerprint density at radius 2 is 2.24 bits per heavy atom. The van der Waals surface area contributed by atoms with E-state index in [1.165, 1.54) is 17.4 Å². The Morgan fingerprint density at radius 3 is 2.86 bits per heavy atom. The Bertz CT molecular complexity index is 576. The van der Waals surface area contributed by atoms with Crippen molar-refractivity contribution in [1.82, 2.24) is 4.90 Å². The number of rotatable bonds is 3. The Balaban J connectivity index is 2.20. The number of carbonyl (C=O) groups is 2. The van der Waals surface area contributed by atoms with Gasteiger partial charge in [0.1, 0.15) is 0 Å². The first-order chi connectivity index (χ1) is 9.78. The molecule has 2 heterocycles. The maximum absolute atomic E-state index is 12.7. The summed E-state index contributed by atoms with van der Waals surface area (Å²) in [5.74, 6) is -1.10. The summed E-state index contributed by atoms with van der Waals surface area (Å²) < 4.78 is 5.80. The van der Waals surface area contributed by atoms with Gasteiger partial charge >= 0.3 is 5.97 Å². The zero-order valence-corrected chi connectivity index (χ0v) is 13.1. The molecule has 1 saturated heterocycles. The van der Waals surface area contributed by atoms with Crippen molar-refractivity contribution < 1.29 is 19.4 Å². The predicted octanol–water partition coefficient (Wildman–Crippen LogP) is 2.49. The first-order valence-corrected chi connectivity index (χ1v) is 7.62. The summed E-state index contributed by atoms with van der Waals surface area (Å²) in [5, 5.41) is 10.5. The number of hydrogen-bond donors (Lipinski definition) is 1. The van der Waals surface area contributed by atoms with Gasteiger partial charge in [-0.25, -0.2) is 4.79 Å². The van der Waals surface area contributed by atoms with Crippen molar-refractivity contribution in [2.45, 2.75) is 32.5 Å². The van der Waals surface area contributed by atoms with Crippen LogP contribution in [0.15, 0.2) is 17.5 Å². The monoisotopic (exact) mass is 309 g/mol. The lowest BCUT2D eigenvalue weighted by Gasteiger charge is -2.41. The summed E-state index contributed by atoms with van der Waals surface area (Å²) in [6, 6.07) is 1.76. The molecule has 0 saturated carbocycles. The number of amides is 1. The van der Waals surface area contributed by atoms with Crippen LogP contribution in [-0.2, 0) is 9.53 Å². The van der Waals surface area contributed by atoms with E-state index in [-0.39, 0.29) is 17.6 Å². The molecule has 0 bridgehead atoms. The molecule has 1 fully saturated rings. The molecule has 1 N–H and O–H groups in total. The fourth-order valence-electron chi connectivity index (χ4n) is 2.54. The van der Waals surface area contributed by atoms with Crippen molar-refractivity contribution in [2.75, 3.05) is 13.1 Å². The Labute approximate surface area is 127 Å². The molecule has 1 aromatic rings. The molecule has 2 rings (SSSR count). The van der Waals surface area contributed by atoms with Gasteiger partial charge < -0.3 is 14.7 Å². The molecule has 0 aromatic carbocycles. The molecule has 0 spiro atoms. The summed E-state index contributed by atoms with van der Waals surface area (Å²) in [6.45, 7) is 6.93. The normalized spacial score (nSPS) is 21.7. The molecule has 0 aliphatic carbocycles. The molecule has 1 aliphatic rings. The van der Waals surface area contributed by atoms with Crippen LogP contribution in [0.4, 0.5) is 0 Å². The summed E-state index contributed by atoms with van der Waals surface area (Å²) >= 11 is 1.33. The standard InChI is InChI=1S/C15H19NO4S/c1-10-8-16(9-15(2,3)20-10)14(19)13-11(6-7-21-13)4-5-12(17)18/h4-7,10H,8-9H2,1-3H3,(H,17,18). The SMILES string of the molecule is CC1CN(C(=O)c2sccc2C=CC(=O)O)CC(C)(C)O1. The first-order valence-electron chi connectivity index (χ1n) is 6.74. The Hall–Kier alpha value is -1.66. The smallest absolute Gasteiger partial charge is 0.328 e. The van der Waals surface area contributed by atoms with Gasteiger partial charge in [-0.3, -0.25) is 4.79 Å². The average molecular weight is 309 g/mol. The van der Waals surface area contributed by atoms with Gasteiger partial charge in [-0.2, -0.15) is 0 Å². The average Bonchev–Trinajstić information content (AvgIpc) is 2.81. The van der Waals surface area contributed by atoms with Gasteiger partial charge in [0.15, 0.2) is 0 Å². The lowest BCUT2D eigenvalue weighted by molar-refractivity contribution is -0.131. The molecule has 1 unspecified atom stereocenters. The second-order valence-electron chi connectivity index (χ2n) is 5.75. The predicted molar refractivity (Wildman–Crippen MR) is 81.5 cm³/mol. The fourth-order valence-corrected chi connectivity index (χ4v) is 3.39. The third-order valence-corrected chi connectivity index (χ3v) is 4.07. The minimum atomic E-state index is -1.03. The van der Waals surface area contributed by atoms with Crippen LogP contribution < -0.4 is 0 Å². The quantitative estimate of drug-likeness (QED) is 0.871. The van der Waals surface area contributed by atoms with Gasteiger partial charge in [0, 0.05) is 19.2 Å². The molecule has 0 radical (unpaired) electrons. The van der Waals surface area contributed by atoms with Crippen molar-refractivity contribution >= 4 is 29.3 Å². The molecule has 1 atom stereocenters. The van der Waals surface area contributed by atoms with Gasteiger partial charge in [-0.05, 0) is 43.9 Å². The molecule has 5 nitrogen and oxygen atoms in total. The van der Waals surface area contributed by atoms with E-state index in [9.17, 15) is 9.59 Å². The maximum atomic E-state index is 12.7. The van der Waals surface area contributed by atoms with Crippen LogP contribution in [0.25, 0.3) is 6.08 Å². The van der Waals surface area contributed by atoms with Gasteiger partial charge in [-0.15, -0.1) is 11.3 Å². The van der Waals surface area contributed by atoms with Crippen LogP contribution in [0.2, 0.25) is 0 Å². The number of thiophene rings is 1. The van der Waals surface area contributed by atoms with Gasteiger partial charge in [-0.1, -0.05) is 0 Å². The maximum Gasteiger partial charge on any atom is 0.328 e. The molecule has 114 valence electrons. The highest BCUT2D eigenvalue weighted by atomic mass is 32.1. The zero-order valence-electron chi connectivity index (χ0n) is 12.3. The molecular formula is C15H19NO4S.